The Hall–Kier alpha value is -0.750. The van der Waals surface area contributed by atoms with Crippen molar-refractivity contribution in [3.8, 4) is 0 Å². The molecule has 0 aromatic carbocycles. The Bertz CT molecular complexity index is 811. The van der Waals surface area contributed by atoms with Crippen LogP contribution in [0.4, 0.5) is 0 Å². The standard InChI is InChI=1S/C17H24ClN5O4PS2/c1-2-4-10(5-3-6-18)30-17-22-14-15(19)20-9-21-16(14)23(17)13-7-11-12(26-13)8-25-28(24,29)27-11/h2-5,9,11-13,15,17,22,24,29H,1,6-8,19H2,(H,20,21)/q+1/b5-3-,10-4+/t11?,12?,13-,15?,17?,28?/m1/s1. The molecule has 30 heavy (non-hydrogen) atoms. The normalized spacial score (nSPS) is 38.5. The fourth-order valence-corrected chi connectivity index (χ4v) is 6.37. The van der Waals surface area contributed by atoms with Crippen LogP contribution < -0.4 is 16.4 Å². The van der Waals surface area contributed by atoms with Crippen molar-refractivity contribution < 1.29 is 18.7 Å². The predicted molar refractivity (Wildman–Crippen MR) is 123 cm³/mol. The Labute approximate surface area is 190 Å². The number of thiol groups is 1. The number of aliphatic imine (C=N–C) groups is 1. The molecule has 0 spiro atoms. The van der Waals surface area contributed by atoms with E-state index in [0.29, 0.717) is 12.3 Å². The number of rotatable bonds is 6. The van der Waals surface area contributed by atoms with Gasteiger partial charge in [0.05, 0.1) is 24.3 Å². The molecule has 5 N–H and O–H groups in total. The number of allylic oxidation sites excluding steroid dienone is 4. The van der Waals surface area contributed by atoms with Gasteiger partial charge in [0, 0.05) is 17.2 Å². The van der Waals surface area contributed by atoms with E-state index in [1.54, 1.807) is 24.2 Å². The first-order chi connectivity index (χ1) is 14.4. The van der Waals surface area contributed by atoms with Crippen LogP contribution in [0.3, 0.4) is 0 Å². The van der Waals surface area contributed by atoms with Crippen LogP contribution >= 0.6 is 42.8 Å². The van der Waals surface area contributed by atoms with E-state index in [2.05, 4.69) is 39.4 Å². The van der Waals surface area contributed by atoms with Crippen LogP contribution in [0.25, 0.3) is 0 Å². The smallest absolute Gasteiger partial charge is 0.354 e. The highest BCUT2D eigenvalue weighted by Crippen LogP contribution is 2.66. The molecule has 2 saturated heterocycles. The van der Waals surface area contributed by atoms with Crippen molar-refractivity contribution in [2.24, 2.45) is 10.7 Å². The molecule has 0 aromatic rings. The first-order valence-electron chi connectivity index (χ1n) is 9.29. The Morgan fingerprint density at radius 2 is 2.40 bits per heavy atom. The highest BCUT2D eigenvalue weighted by molar-refractivity contribution is 8.47. The van der Waals surface area contributed by atoms with Gasteiger partial charge in [0.25, 0.3) is 0 Å². The summed E-state index contributed by atoms with van der Waals surface area (Å²) < 4.78 is 17.2. The van der Waals surface area contributed by atoms with Gasteiger partial charge in [-0.3, -0.25) is 4.99 Å². The molecule has 5 unspecified atom stereocenters. The number of alkyl halides is 1. The fraction of sp³-hybridized carbons (Fsp3) is 0.471. The zero-order valence-electron chi connectivity index (χ0n) is 15.9. The van der Waals surface area contributed by atoms with E-state index in [9.17, 15) is 4.89 Å². The van der Waals surface area contributed by atoms with Crippen molar-refractivity contribution in [2.75, 3.05) is 12.5 Å². The molecule has 4 rings (SSSR count). The molecule has 4 heterocycles. The maximum absolute atomic E-state index is 10.1. The summed E-state index contributed by atoms with van der Waals surface area (Å²) in [6.45, 7) is 4.02. The van der Waals surface area contributed by atoms with Gasteiger partial charge in [-0.1, -0.05) is 36.6 Å². The lowest BCUT2D eigenvalue weighted by molar-refractivity contribution is -0.0796. The van der Waals surface area contributed by atoms with E-state index < -0.39 is 13.3 Å². The summed E-state index contributed by atoms with van der Waals surface area (Å²) in [6.07, 6.45) is 8.14. The molecule has 0 saturated carbocycles. The topological polar surface area (TPSA) is 114 Å². The molecule has 0 bridgehead atoms. The lowest BCUT2D eigenvalue weighted by atomic mass is 10.2. The van der Waals surface area contributed by atoms with Gasteiger partial charge < -0.3 is 26.0 Å². The number of nitrogens with zero attached hydrogens (tertiary/aromatic N) is 2. The molecule has 0 aromatic heterocycles. The molecule has 6 atom stereocenters. The number of nitrogens with one attached hydrogen (secondary N) is 2. The monoisotopic (exact) mass is 492 g/mol. The van der Waals surface area contributed by atoms with Crippen molar-refractivity contribution >= 4 is 49.1 Å². The van der Waals surface area contributed by atoms with Gasteiger partial charge >= 0.3 is 7.15 Å². The lowest BCUT2D eigenvalue weighted by Gasteiger charge is -2.33. The summed E-state index contributed by atoms with van der Waals surface area (Å²) >= 11 is 11.5. The molecule has 4 aliphatic rings. The highest BCUT2D eigenvalue weighted by Gasteiger charge is 2.55. The van der Waals surface area contributed by atoms with Crippen LogP contribution in [-0.4, -0.2) is 58.7 Å². The summed E-state index contributed by atoms with van der Waals surface area (Å²) in [5, 5.41) is 6.63. The quantitative estimate of drug-likeness (QED) is 0.164. The molecule has 0 amide bonds. The van der Waals surface area contributed by atoms with Gasteiger partial charge in [0.1, 0.15) is 37.0 Å². The van der Waals surface area contributed by atoms with Crippen molar-refractivity contribution in [3.63, 3.8) is 0 Å². The number of thioether (sulfide) groups is 1. The zero-order chi connectivity index (χ0) is 21.3. The molecule has 0 radical (unpaired) electrons. The third-order valence-electron chi connectivity index (χ3n) is 4.85. The second-order valence-corrected chi connectivity index (χ2v) is 11.2. The number of hydrogen-bond donors (Lipinski definition) is 5. The maximum atomic E-state index is 10.1. The second kappa shape index (κ2) is 9.40. The third kappa shape index (κ3) is 4.69. The van der Waals surface area contributed by atoms with E-state index in [1.165, 1.54) is 0 Å². The van der Waals surface area contributed by atoms with E-state index in [0.717, 1.165) is 16.4 Å². The molecule has 4 aliphatic heterocycles. The summed E-state index contributed by atoms with van der Waals surface area (Å²) in [5.74, 6) is 1.21. The van der Waals surface area contributed by atoms with Crippen molar-refractivity contribution in [1.29, 1.82) is 0 Å². The number of ether oxygens (including phenoxy) is 1. The molecule has 164 valence electrons. The Morgan fingerprint density at radius 1 is 1.57 bits per heavy atom. The van der Waals surface area contributed by atoms with Gasteiger partial charge in [0.15, 0.2) is 5.50 Å². The summed E-state index contributed by atoms with van der Waals surface area (Å²) in [6, 6.07) is 0. The molecule has 0 aliphatic carbocycles. The number of nitrogens with two attached hydrogens (primary N) is 1. The van der Waals surface area contributed by atoms with Crippen molar-refractivity contribution in [2.45, 2.75) is 36.5 Å². The van der Waals surface area contributed by atoms with E-state index in [4.69, 9.17) is 31.1 Å². The van der Waals surface area contributed by atoms with Gasteiger partial charge in [-0.05, 0) is 6.08 Å². The molecular formula is C17H24ClN5O4PS2+. The van der Waals surface area contributed by atoms with Crippen molar-refractivity contribution in [1.82, 2.24) is 15.5 Å². The van der Waals surface area contributed by atoms with E-state index in [1.807, 2.05) is 18.2 Å². The SMILES string of the molecule is C=C/C=C(\C=C/CCl)SC1NC2=C(NC=NC2N)N1[C@H]1CC2O[P+](O)(S)OCC2O1. The minimum absolute atomic E-state index is 0.225. The molecule has 9 nitrogen and oxygen atoms in total. The Morgan fingerprint density at radius 3 is 3.17 bits per heavy atom. The van der Waals surface area contributed by atoms with E-state index >= 15 is 0 Å². The summed E-state index contributed by atoms with van der Waals surface area (Å²) in [7, 11) is -3.10. The van der Waals surface area contributed by atoms with Crippen LogP contribution in [0.2, 0.25) is 0 Å². The van der Waals surface area contributed by atoms with Gasteiger partial charge in [-0.2, -0.15) is 13.9 Å². The lowest BCUT2D eigenvalue weighted by Crippen LogP contribution is -2.44. The summed E-state index contributed by atoms with van der Waals surface area (Å²) in [4.78, 5) is 17.3. The predicted octanol–water partition coefficient (Wildman–Crippen LogP) is 1.99. The number of halogens is 1. The van der Waals surface area contributed by atoms with E-state index in [-0.39, 0.29) is 30.5 Å². The first-order valence-corrected chi connectivity index (χ1v) is 13.4. The Balaban J connectivity index is 1.57. The highest BCUT2D eigenvalue weighted by atomic mass is 35.5. The molecular weight excluding hydrogens is 469 g/mol. The number of hydrogen-bond acceptors (Lipinski definition) is 11. The van der Waals surface area contributed by atoms with Crippen LogP contribution in [0, 0.1) is 0 Å². The molecule has 13 heteroatoms. The number of fused-ring (bicyclic) bond motifs is 1. The fourth-order valence-electron chi connectivity index (χ4n) is 3.59. The Kier molecular flexibility index (Phi) is 7.03. The van der Waals surface area contributed by atoms with Gasteiger partial charge in [-0.15, -0.1) is 11.6 Å². The second-order valence-electron chi connectivity index (χ2n) is 6.81. The average Bonchev–Trinajstić information content (AvgIpc) is 3.26. The third-order valence-corrected chi connectivity index (χ3v) is 7.80. The van der Waals surface area contributed by atoms with Gasteiger partial charge in [0.2, 0.25) is 0 Å². The summed E-state index contributed by atoms with van der Waals surface area (Å²) in [5.41, 5.74) is 6.74. The minimum atomic E-state index is -3.10. The van der Waals surface area contributed by atoms with Crippen LogP contribution in [-0.2, 0) is 13.8 Å². The van der Waals surface area contributed by atoms with Crippen LogP contribution in [0.15, 0.2) is 52.3 Å². The first kappa shape index (κ1) is 22.4. The van der Waals surface area contributed by atoms with Gasteiger partial charge in [-0.25, -0.2) is 0 Å². The van der Waals surface area contributed by atoms with Crippen LogP contribution in [0.5, 0.6) is 0 Å². The zero-order valence-corrected chi connectivity index (χ0v) is 19.3. The van der Waals surface area contributed by atoms with Crippen molar-refractivity contribution in [3.05, 3.63) is 47.3 Å². The molecule has 2 fully saturated rings. The average molecular weight is 493 g/mol. The largest absolute Gasteiger partial charge is 0.475 e. The minimum Gasteiger partial charge on any atom is -0.354 e. The van der Waals surface area contributed by atoms with Crippen LogP contribution in [0.1, 0.15) is 6.42 Å². The maximum Gasteiger partial charge on any atom is 0.475 e.